The number of amides is 1. The van der Waals surface area contributed by atoms with Gasteiger partial charge in [0.25, 0.3) is 0 Å². The third-order valence-corrected chi connectivity index (χ3v) is 3.62. The van der Waals surface area contributed by atoms with Gasteiger partial charge in [-0.1, -0.05) is 11.6 Å². The molecule has 5 nitrogen and oxygen atoms in total. The summed E-state index contributed by atoms with van der Waals surface area (Å²) < 4.78 is 10.7. The van der Waals surface area contributed by atoms with Gasteiger partial charge in [-0.15, -0.1) is 0 Å². The third kappa shape index (κ3) is 5.10. The van der Waals surface area contributed by atoms with Crippen LogP contribution in [0.1, 0.15) is 19.3 Å². The van der Waals surface area contributed by atoms with Crippen molar-refractivity contribution >= 4 is 23.2 Å². The molecule has 0 aliphatic carbocycles. The van der Waals surface area contributed by atoms with Gasteiger partial charge in [0.2, 0.25) is 5.91 Å². The Morgan fingerprint density at radius 1 is 1.52 bits per heavy atom. The van der Waals surface area contributed by atoms with Crippen molar-refractivity contribution in [3.8, 4) is 5.75 Å². The van der Waals surface area contributed by atoms with Crippen LogP contribution in [-0.2, 0) is 9.53 Å². The van der Waals surface area contributed by atoms with Crippen molar-refractivity contribution in [2.45, 2.75) is 25.4 Å². The number of rotatable bonds is 7. The van der Waals surface area contributed by atoms with E-state index in [1.165, 1.54) is 0 Å². The topological polar surface area (TPSA) is 59.6 Å². The number of hydrogen-bond donors (Lipinski definition) is 2. The Kier molecular flexibility index (Phi) is 6.14. The van der Waals surface area contributed by atoms with Gasteiger partial charge in [-0.3, -0.25) is 4.79 Å². The lowest BCUT2D eigenvalue weighted by Gasteiger charge is -2.13. The molecular weight excluding hydrogens is 292 g/mol. The Labute approximate surface area is 130 Å². The predicted molar refractivity (Wildman–Crippen MR) is 83.1 cm³/mol. The molecule has 1 aliphatic rings. The molecule has 6 heteroatoms. The van der Waals surface area contributed by atoms with Gasteiger partial charge >= 0.3 is 0 Å². The fourth-order valence-corrected chi connectivity index (χ4v) is 2.42. The van der Waals surface area contributed by atoms with Crippen LogP contribution >= 0.6 is 11.6 Å². The molecule has 2 rings (SSSR count). The third-order valence-electron chi connectivity index (χ3n) is 3.38. The highest BCUT2D eigenvalue weighted by molar-refractivity contribution is 6.30. The van der Waals surface area contributed by atoms with E-state index in [-0.39, 0.29) is 12.0 Å². The first-order valence-corrected chi connectivity index (χ1v) is 7.52. The van der Waals surface area contributed by atoms with Gasteiger partial charge in [-0.05, 0) is 31.0 Å². The Balaban J connectivity index is 1.70. The van der Waals surface area contributed by atoms with Gasteiger partial charge in [-0.25, -0.2) is 0 Å². The molecule has 1 heterocycles. The zero-order chi connectivity index (χ0) is 15.1. The van der Waals surface area contributed by atoms with E-state index in [4.69, 9.17) is 21.1 Å². The van der Waals surface area contributed by atoms with Gasteiger partial charge in [0.1, 0.15) is 5.75 Å². The highest BCUT2D eigenvalue weighted by Gasteiger charge is 2.15. The molecule has 2 N–H and O–H groups in total. The van der Waals surface area contributed by atoms with E-state index < -0.39 is 0 Å². The summed E-state index contributed by atoms with van der Waals surface area (Å²) in [4.78, 5) is 11.7. The number of benzene rings is 1. The molecule has 116 valence electrons. The summed E-state index contributed by atoms with van der Waals surface area (Å²) in [6.07, 6.45) is 2.67. The molecule has 0 aromatic heterocycles. The van der Waals surface area contributed by atoms with Crippen molar-refractivity contribution < 1.29 is 14.3 Å². The van der Waals surface area contributed by atoms with E-state index in [9.17, 15) is 4.79 Å². The lowest BCUT2D eigenvalue weighted by atomic mass is 10.2. The first-order chi connectivity index (χ1) is 10.2. The number of methoxy groups -OCH3 is 1. The van der Waals surface area contributed by atoms with Crippen LogP contribution < -0.4 is 15.4 Å². The lowest BCUT2D eigenvalue weighted by Crippen LogP contribution is -2.32. The summed E-state index contributed by atoms with van der Waals surface area (Å²) in [6, 6.07) is 5.34. The van der Waals surface area contributed by atoms with Crippen molar-refractivity contribution in [2.24, 2.45) is 0 Å². The van der Waals surface area contributed by atoms with Crippen molar-refractivity contribution in [2.75, 3.05) is 32.1 Å². The molecule has 0 radical (unpaired) electrons. The van der Waals surface area contributed by atoms with Crippen LogP contribution in [0, 0.1) is 0 Å². The van der Waals surface area contributed by atoms with Crippen LogP contribution in [0.15, 0.2) is 18.2 Å². The highest BCUT2D eigenvalue weighted by Crippen LogP contribution is 2.27. The maximum absolute atomic E-state index is 11.7. The Bertz CT molecular complexity index is 476. The molecule has 1 saturated heterocycles. The van der Waals surface area contributed by atoms with Crippen molar-refractivity contribution in [1.82, 2.24) is 5.32 Å². The fourth-order valence-electron chi connectivity index (χ4n) is 2.25. The summed E-state index contributed by atoms with van der Waals surface area (Å²) in [5.74, 6) is 0.721. The standard InChI is InChI=1S/C15H21ClN2O3/c1-20-14-5-4-11(16)9-13(14)17-7-6-15(19)18-10-12-3-2-8-21-12/h4-5,9,12,17H,2-3,6-8,10H2,1H3,(H,18,19)/t12-/m1/s1. The highest BCUT2D eigenvalue weighted by atomic mass is 35.5. The van der Waals surface area contributed by atoms with E-state index in [0.717, 1.165) is 25.1 Å². The number of halogens is 1. The van der Waals surface area contributed by atoms with Gasteiger partial charge in [0.15, 0.2) is 0 Å². The summed E-state index contributed by atoms with van der Waals surface area (Å²) in [5, 5.41) is 6.68. The molecule has 1 aromatic carbocycles. The molecule has 0 unspecified atom stereocenters. The van der Waals surface area contributed by atoms with E-state index in [2.05, 4.69) is 10.6 Å². The van der Waals surface area contributed by atoms with Crippen molar-refractivity contribution in [3.63, 3.8) is 0 Å². The SMILES string of the molecule is COc1ccc(Cl)cc1NCCC(=O)NC[C@H]1CCCO1. The Hall–Kier alpha value is -1.46. The molecule has 1 fully saturated rings. The number of carbonyl (C=O) groups excluding carboxylic acids is 1. The van der Waals surface area contributed by atoms with Gasteiger partial charge in [0, 0.05) is 31.1 Å². The number of nitrogens with one attached hydrogen (secondary N) is 2. The van der Waals surface area contributed by atoms with Crippen LogP contribution in [0.5, 0.6) is 5.75 Å². The number of carbonyl (C=O) groups is 1. The van der Waals surface area contributed by atoms with E-state index in [0.29, 0.717) is 30.3 Å². The quantitative estimate of drug-likeness (QED) is 0.812. The normalized spacial score (nSPS) is 17.5. The first kappa shape index (κ1) is 15.9. The second-order valence-corrected chi connectivity index (χ2v) is 5.40. The summed E-state index contributed by atoms with van der Waals surface area (Å²) in [7, 11) is 1.60. The van der Waals surface area contributed by atoms with E-state index in [1.54, 1.807) is 25.3 Å². The molecule has 0 bridgehead atoms. The van der Waals surface area contributed by atoms with Crippen molar-refractivity contribution in [3.05, 3.63) is 23.2 Å². The smallest absolute Gasteiger partial charge is 0.221 e. The maximum Gasteiger partial charge on any atom is 0.221 e. The van der Waals surface area contributed by atoms with Crippen LogP contribution in [0.3, 0.4) is 0 Å². The molecule has 21 heavy (non-hydrogen) atoms. The molecule has 1 amide bonds. The maximum atomic E-state index is 11.7. The molecule has 0 spiro atoms. The van der Waals surface area contributed by atoms with Gasteiger partial charge < -0.3 is 20.1 Å². The van der Waals surface area contributed by atoms with Gasteiger partial charge in [0.05, 0.1) is 18.9 Å². The van der Waals surface area contributed by atoms with Crippen LogP contribution in [0.4, 0.5) is 5.69 Å². The van der Waals surface area contributed by atoms with Gasteiger partial charge in [-0.2, -0.15) is 0 Å². The average molecular weight is 313 g/mol. The fraction of sp³-hybridized carbons (Fsp3) is 0.533. The minimum atomic E-state index is 0.0130. The predicted octanol–water partition coefficient (Wildman–Crippen LogP) is 2.45. The second kappa shape index (κ2) is 8.10. The summed E-state index contributed by atoms with van der Waals surface area (Å²) >= 11 is 5.95. The summed E-state index contributed by atoms with van der Waals surface area (Å²) in [5.41, 5.74) is 0.789. The molecule has 0 saturated carbocycles. The van der Waals surface area contributed by atoms with E-state index >= 15 is 0 Å². The Morgan fingerprint density at radius 3 is 3.10 bits per heavy atom. The van der Waals surface area contributed by atoms with Crippen LogP contribution in [0.25, 0.3) is 0 Å². The minimum absolute atomic E-state index is 0.0130. The minimum Gasteiger partial charge on any atom is -0.495 e. The van der Waals surface area contributed by atoms with Crippen LogP contribution in [0.2, 0.25) is 5.02 Å². The van der Waals surface area contributed by atoms with Crippen molar-refractivity contribution in [1.29, 1.82) is 0 Å². The Morgan fingerprint density at radius 2 is 2.38 bits per heavy atom. The largest absolute Gasteiger partial charge is 0.495 e. The number of ether oxygens (including phenoxy) is 2. The molecule has 1 aliphatic heterocycles. The molecular formula is C15H21ClN2O3. The van der Waals surface area contributed by atoms with Crippen LogP contribution in [-0.4, -0.2) is 38.8 Å². The average Bonchev–Trinajstić information content (AvgIpc) is 2.99. The summed E-state index contributed by atoms with van der Waals surface area (Å²) in [6.45, 7) is 1.92. The lowest BCUT2D eigenvalue weighted by molar-refractivity contribution is -0.121. The molecule has 1 aromatic rings. The molecule has 1 atom stereocenters. The number of anilines is 1. The first-order valence-electron chi connectivity index (χ1n) is 7.15. The van der Waals surface area contributed by atoms with E-state index in [1.807, 2.05) is 0 Å². The monoisotopic (exact) mass is 312 g/mol. The number of hydrogen-bond acceptors (Lipinski definition) is 4. The zero-order valence-corrected chi connectivity index (χ0v) is 12.9. The second-order valence-electron chi connectivity index (χ2n) is 4.96. The zero-order valence-electron chi connectivity index (χ0n) is 12.2.